The minimum Gasteiger partial charge on any atom is -0.463 e. The number of nitrogens with one attached hydrogen (secondary N) is 1. The maximum atomic E-state index is 14.5. The van der Waals surface area contributed by atoms with Gasteiger partial charge in [0, 0.05) is 23.7 Å². The highest BCUT2D eigenvalue weighted by Crippen LogP contribution is 2.34. The third-order valence-electron chi connectivity index (χ3n) is 7.01. The summed E-state index contributed by atoms with van der Waals surface area (Å²) in [7, 11) is 0. The molecule has 3 aromatic rings. The third kappa shape index (κ3) is 3.49. The van der Waals surface area contributed by atoms with Crippen LogP contribution in [0.2, 0.25) is 0 Å². The number of nitrogens with zero attached hydrogens (tertiary/aromatic N) is 2. The largest absolute Gasteiger partial charge is 0.463 e. The Morgan fingerprint density at radius 2 is 1.94 bits per heavy atom. The van der Waals surface area contributed by atoms with Gasteiger partial charge in [-0.25, -0.2) is 4.39 Å². The number of halogens is 1. The lowest BCUT2D eigenvalue weighted by Crippen LogP contribution is -2.64. The van der Waals surface area contributed by atoms with E-state index in [1.165, 1.54) is 23.8 Å². The van der Waals surface area contributed by atoms with E-state index < -0.39 is 5.54 Å². The molecule has 3 heterocycles. The number of carbonyl (C=O) groups excluding carboxylic acids is 2. The molecule has 0 radical (unpaired) electrons. The van der Waals surface area contributed by atoms with E-state index in [2.05, 4.69) is 5.32 Å². The molecule has 1 aliphatic heterocycles. The van der Waals surface area contributed by atoms with Crippen molar-refractivity contribution in [3.63, 3.8) is 0 Å². The smallest absolute Gasteiger partial charge is 0.271 e. The highest BCUT2D eigenvalue weighted by molar-refractivity contribution is 6.02. The Bertz CT molecular complexity index is 1160. The number of hydrogen-bond donors (Lipinski definition) is 1. The molecule has 1 atom stereocenters. The monoisotopic (exact) mass is 437 g/mol. The minimum atomic E-state index is -1.16. The summed E-state index contributed by atoms with van der Waals surface area (Å²) in [5.41, 5.74) is 1.07. The predicted molar refractivity (Wildman–Crippen MR) is 119 cm³/mol. The van der Waals surface area contributed by atoms with Crippen molar-refractivity contribution in [3.05, 3.63) is 59.7 Å². The summed E-state index contributed by atoms with van der Waals surface area (Å²) in [5.74, 6) is -0.879. The van der Waals surface area contributed by atoms with Crippen LogP contribution in [0.4, 0.5) is 4.39 Å². The summed E-state index contributed by atoms with van der Waals surface area (Å²) in [4.78, 5) is 28.8. The SMILES string of the molecule is CC1(C(=O)NC2CCCCCC2)Cn2c(cc3occc32)C(=O)N1Cc1ccccc1F. The van der Waals surface area contributed by atoms with Gasteiger partial charge in [0.05, 0.1) is 24.9 Å². The number of aromatic nitrogens is 1. The van der Waals surface area contributed by atoms with Crippen LogP contribution in [0, 0.1) is 5.82 Å². The maximum absolute atomic E-state index is 14.5. The summed E-state index contributed by atoms with van der Waals surface area (Å²) >= 11 is 0. The first-order valence-electron chi connectivity index (χ1n) is 11.4. The maximum Gasteiger partial charge on any atom is 0.271 e. The van der Waals surface area contributed by atoms with Gasteiger partial charge in [-0.05, 0) is 25.8 Å². The zero-order valence-corrected chi connectivity index (χ0v) is 18.3. The molecule has 1 saturated carbocycles. The molecule has 0 spiro atoms. The second-order valence-corrected chi connectivity index (χ2v) is 9.20. The molecule has 7 heteroatoms. The van der Waals surface area contributed by atoms with Crippen molar-refractivity contribution >= 4 is 22.9 Å². The second-order valence-electron chi connectivity index (χ2n) is 9.20. The normalized spacial score (nSPS) is 22.1. The van der Waals surface area contributed by atoms with E-state index in [0.717, 1.165) is 31.2 Å². The van der Waals surface area contributed by atoms with Crippen molar-refractivity contribution in [2.75, 3.05) is 0 Å². The van der Waals surface area contributed by atoms with Crippen molar-refractivity contribution < 1.29 is 18.4 Å². The molecular formula is C25H28FN3O3. The van der Waals surface area contributed by atoms with Gasteiger partial charge >= 0.3 is 0 Å². The highest BCUT2D eigenvalue weighted by atomic mass is 19.1. The lowest BCUT2D eigenvalue weighted by molar-refractivity contribution is -0.134. The molecule has 5 rings (SSSR count). The quantitative estimate of drug-likeness (QED) is 0.606. The average Bonchev–Trinajstić information content (AvgIpc) is 3.27. The van der Waals surface area contributed by atoms with Crippen molar-refractivity contribution in [2.24, 2.45) is 0 Å². The van der Waals surface area contributed by atoms with Crippen molar-refractivity contribution in [3.8, 4) is 0 Å². The van der Waals surface area contributed by atoms with Gasteiger partial charge < -0.3 is 19.2 Å². The number of carbonyl (C=O) groups is 2. The lowest BCUT2D eigenvalue weighted by atomic mass is 9.93. The topological polar surface area (TPSA) is 67.5 Å². The van der Waals surface area contributed by atoms with E-state index in [-0.39, 0.29) is 36.8 Å². The lowest BCUT2D eigenvalue weighted by Gasteiger charge is -2.44. The molecular weight excluding hydrogens is 409 g/mol. The predicted octanol–water partition coefficient (Wildman–Crippen LogP) is 4.63. The van der Waals surface area contributed by atoms with Gasteiger partial charge in [-0.1, -0.05) is 43.9 Å². The Kier molecular flexibility index (Phi) is 5.27. The van der Waals surface area contributed by atoms with Crippen molar-refractivity contribution in [1.29, 1.82) is 0 Å². The van der Waals surface area contributed by atoms with Gasteiger partial charge in [-0.3, -0.25) is 9.59 Å². The zero-order chi connectivity index (χ0) is 22.3. The van der Waals surface area contributed by atoms with Gasteiger partial charge in [-0.15, -0.1) is 0 Å². The Balaban J connectivity index is 1.53. The Morgan fingerprint density at radius 3 is 2.69 bits per heavy atom. The van der Waals surface area contributed by atoms with Gasteiger partial charge in [0.2, 0.25) is 5.91 Å². The van der Waals surface area contributed by atoms with Crippen molar-refractivity contribution in [1.82, 2.24) is 14.8 Å². The Morgan fingerprint density at radius 1 is 1.19 bits per heavy atom. The van der Waals surface area contributed by atoms with E-state index in [4.69, 9.17) is 4.42 Å². The molecule has 0 saturated heterocycles. The number of fused-ring (bicyclic) bond motifs is 3. The van der Waals surface area contributed by atoms with E-state index in [0.29, 0.717) is 16.8 Å². The molecule has 2 amide bonds. The van der Waals surface area contributed by atoms with Crippen LogP contribution in [0.15, 0.2) is 47.1 Å². The third-order valence-corrected chi connectivity index (χ3v) is 7.01. The molecule has 0 bridgehead atoms. The zero-order valence-electron chi connectivity index (χ0n) is 18.3. The summed E-state index contributed by atoms with van der Waals surface area (Å²) in [6, 6.07) is 10.0. The Labute approximate surface area is 186 Å². The van der Waals surface area contributed by atoms with Crippen LogP contribution in [-0.4, -0.2) is 32.9 Å². The van der Waals surface area contributed by atoms with Gasteiger partial charge in [0.15, 0.2) is 5.58 Å². The van der Waals surface area contributed by atoms with E-state index in [9.17, 15) is 14.0 Å². The summed E-state index contributed by atoms with van der Waals surface area (Å²) in [6.07, 6.45) is 8.04. The highest BCUT2D eigenvalue weighted by Gasteiger charge is 2.48. The molecule has 2 aliphatic rings. The number of hydrogen-bond acceptors (Lipinski definition) is 3. The number of amides is 2. The van der Waals surface area contributed by atoms with Crippen LogP contribution >= 0.6 is 0 Å². The molecule has 2 aromatic heterocycles. The molecule has 1 unspecified atom stereocenters. The van der Waals surface area contributed by atoms with Crippen LogP contribution in [0.1, 0.15) is 61.5 Å². The van der Waals surface area contributed by atoms with Gasteiger partial charge in [0.25, 0.3) is 5.91 Å². The van der Waals surface area contributed by atoms with Crippen LogP contribution in [0.25, 0.3) is 11.1 Å². The van der Waals surface area contributed by atoms with Crippen LogP contribution in [-0.2, 0) is 17.9 Å². The van der Waals surface area contributed by atoms with Crippen molar-refractivity contribution in [2.45, 2.75) is 70.1 Å². The number of furan rings is 1. The van der Waals surface area contributed by atoms with Crippen LogP contribution in [0.5, 0.6) is 0 Å². The standard InChI is InChI=1S/C25H28FN3O3/c1-25(24(31)27-18-9-4-2-3-5-10-18)16-28-20-12-13-32-22(20)14-21(28)23(30)29(25)15-17-8-6-7-11-19(17)26/h6-8,11-14,18H,2-5,9-10,15-16H2,1H3,(H,27,31). The van der Waals surface area contributed by atoms with E-state index in [1.54, 1.807) is 37.5 Å². The number of benzene rings is 1. The molecule has 1 aliphatic carbocycles. The van der Waals surface area contributed by atoms with Crippen LogP contribution in [0.3, 0.4) is 0 Å². The van der Waals surface area contributed by atoms with E-state index in [1.807, 2.05) is 10.6 Å². The minimum absolute atomic E-state index is 0.0205. The van der Waals surface area contributed by atoms with Crippen LogP contribution < -0.4 is 5.32 Å². The average molecular weight is 438 g/mol. The first-order chi connectivity index (χ1) is 15.5. The molecule has 1 fully saturated rings. The second kappa shape index (κ2) is 8.11. The molecule has 1 aromatic carbocycles. The summed E-state index contributed by atoms with van der Waals surface area (Å²) < 4.78 is 21.9. The fourth-order valence-corrected chi connectivity index (χ4v) is 5.08. The van der Waals surface area contributed by atoms with Gasteiger partial charge in [0.1, 0.15) is 17.1 Å². The fourth-order valence-electron chi connectivity index (χ4n) is 5.08. The summed E-state index contributed by atoms with van der Waals surface area (Å²) in [6.45, 7) is 2.09. The fraction of sp³-hybridized carbons (Fsp3) is 0.440. The Hall–Kier alpha value is -3.09. The molecule has 32 heavy (non-hydrogen) atoms. The summed E-state index contributed by atoms with van der Waals surface area (Å²) in [5, 5.41) is 3.22. The first kappa shape index (κ1) is 20.8. The van der Waals surface area contributed by atoms with Gasteiger partial charge in [-0.2, -0.15) is 0 Å². The molecule has 6 nitrogen and oxygen atoms in total. The molecule has 168 valence electrons. The van der Waals surface area contributed by atoms with E-state index >= 15 is 0 Å². The number of rotatable bonds is 4. The molecule has 1 N–H and O–H groups in total. The first-order valence-corrected chi connectivity index (χ1v) is 11.4.